The number of hydrogen-bond acceptors (Lipinski definition) is 6. The third-order valence-electron chi connectivity index (χ3n) is 4.11. The number of nitrogens with one attached hydrogen (secondary N) is 1. The van der Waals surface area contributed by atoms with E-state index in [1.807, 2.05) is 6.07 Å². The number of carbonyl (C=O) groups is 3. The maximum atomic E-state index is 12.1. The first-order valence-electron chi connectivity index (χ1n) is 10.2. The van der Waals surface area contributed by atoms with Crippen molar-refractivity contribution < 1.29 is 28.6 Å². The minimum atomic E-state index is -0.562. The van der Waals surface area contributed by atoms with E-state index in [0.29, 0.717) is 17.1 Å². The van der Waals surface area contributed by atoms with Crippen LogP contribution in [0.2, 0.25) is 0 Å². The molecule has 0 radical (unpaired) electrons. The summed E-state index contributed by atoms with van der Waals surface area (Å²) in [5, 5.41) is 2.62. The summed E-state index contributed by atoms with van der Waals surface area (Å²) in [6, 6.07) is 13.9. The van der Waals surface area contributed by atoms with Gasteiger partial charge in [-0.1, -0.05) is 42.5 Å². The van der Waals surface area contributed by atoms with Gasteiger partial charge in [-0.25, -0.2) is 4.79 Å². The molecule has 2 aromatic carbocycles. The summed E-state index contributed by atoms with van der Waals surface area (Å²) in [5.74, 6) is 0.478. The topological polar surface area (TPSA) is 90.9 Å². The van der Waals surface area contributed by atoms with E-state index in [-0.39, 0.29) is 31.1 Å². The van der Waals surface area contributed by atoms with Gasteiger partial charge in [-0.05, 0) is 44.5 Å². The van der Waals surface area contributed by atoms with Crippen molar-refractivity contribution >= 4 is 23.7 Å². The molecule has 32 heavy (non-hydrogen) atoms. The van der Waals surface area contributed by atoms with Crippen LogP contribution in [0.15, 0.2) is 54.6 Å². The Kier molecular flexibility index (Phi) is 9.01. The van der Waals surface area contributed by atoms with Crippen molar-refractivity contribution in [2.45, 2.75) is 32.8 Å². The van der Waals surface area contributed by atoms with Crippen molar-refractivity contribution in [1.29, 1.82) is 0 Å². The van der Waals surface area contributed by atoms with Crippen molar-refractivity contribution in [2.75, 3.05) is 20.3 Å². The molecule has 0 saturated heterocycles. The molecule has 170 valence electrons. The average Bonchev–Trinajstić information content (AvgIpc) is 2.75. The molecule has 0 bridgehead atoms. The Labute approximate surface area is 188 Å². The predicted molar refractivity (Wildman–Crippen MR) is 122 cm³/mol. The number of alkyl carbamates (subject to hydrolysis) is 1. The molecule has 0 aliphatic heterocycles. The molecule has 0 heterocycles. The van der Waals surface area contributed by atoms with Crippen LogP contribution in [-0.2, 0) is 9.53 Å². The molecule has 1 N–H and O–H groups in total. The smallest absolute Gasteiger partial charge is 0.407 e. The van der Waals surface area contributed by atoms with Crippen LogP contribution >= 0.6 is 0 Å². The van der Waals surface area contributed by atoms with Crippen LogP contribution in [0.1, 0.15) is 43.1 Å². The highest BCUT2D eigenvalue weighted by Gasteiger charge is 2.15. The number of rotatable bonds is 10. The van der Waals surface area contributed by atoms with Crippen LogP contribution in [0.4, 0.5) is 4.79 Å². The van der Waals surface area contributed by atoms with Gasteiger partial charge >= 0.3 is 6.09 Å². The maximum Gasteiger partial charge on any atom is 0.407 e. The number of ketones is 2. The van der Waals surface area contributed by atoms with Crippen LogP contribution in [0, 0.1) is 0 Å². The number of methoxy groups -OCH3 is 1. The van der Waals surface area contributed by atoms with Crippen LogP contribution in [-0.4, -0.2) is 43.5 Å². The lowest BCUT2D eigenvalue weighted by atomic mass is 10.1. The Balaban J connectivity index is 1.87. The molecule has 7 heteroatoms. The number of carbonyl (C=O) groups excluding carboxylic acids is 3. The molecule has 2 rings (SSSR count). The minimum absolute atomic E-state index is 0.191. The summed E-state index contributed by atoms with van der Waals surface area (Å²) >= 11 is 0. The van der Waals surface area contributed by atoms with E-state index in [9.17, 15) is 14.4 Å². The highest BCUT2D eigenvalue weighted by molar-refractivity contribution is 6.12. The molecule has 0 atom stereocenters. The fourth-order valence-electron chi connectivity index (χ4n) is 2.67. The lowest BCUT2D eigenvalue weighted by molar-refractivity contribution is -0.113. The fourth-order valence-corrected chi connectivity index (χ4v) is 2.67. The molecular weight excluding hydrogens is 410 g/mol. The molecule has 0 unspecified atom stereocenters. The molecule has 0 aromatic heterocycles. The van der Waals surface area contributed by atoms with E-state index >= 15 is 0 Å². The van der Waals surface area contributed by atoms with E-state index in [2.05, 4.69) is 5.32 Å². The Bertz CT molecular complexity index is 960. The third-order valence-corrected chi connectivity index (χ3v) is 4.11. The van der Waals surface area contributed by atoms with Crippen LogP contribution in [0.25, 0.3) is 6.08 Å². The van der Waals surface area contributed by atoms with Crippen LogP contribution in [0.5, 0.6) is 11.5 Å². The molecule has 0 spiro atoms. The van der Waals surface area contributed by atoms with Crippen molar-refractivity contribution in [1.82, 2.24) is 5.32 Å². The van der Waals surface area contributed by atoms with Crippen LogP contribution in [0.3, 0.4) is 0 Å². The molecule has 2 aromatic rings. The zero-order chi connectivity index (χ0) is 23.6. The number of benzene rings is 2. The van der Waals surface area contributed by atoms with Crippen LogP contribution < -0.4 is 14.8 Å². The minimum Gasteiger partial charge on any atom is -0.493 e. The predicted octanol–water partition coefficient (Wildman–Crippen LogP) is 4.45. The SMILES string of the molecule is COc1cc(C=CC(=O)CC(=O)c2ccccc2)ccc1OCCNC(=O)OC(C)(C)C. The highest BCUT2D eigenvalue weighted by Crippen LogP contribution is 2.28. The zero-order valence-electron chi connectivity index (χ0n) is 18.8. The molecule has 0 fully saturated rings. The molecule has 0 aliphatic carbocycles. The van der Waals surface area contributed by atoms with Gasteiger partial charge in [0.15, 0.2) is 23.1 Å². The third kappa shape index (κ3) is 8.63. The second kappa shape index (κ2) is 11.7. The second-order valence-corrected chi connectivity index (χ2v) is 7.95. The quantitative estimate of drug-likeness (QED) is 0.254. The van der Waals surface area contributed by atoms with Crippen molar-refractivity contribution in [2.24, 2.45) is 0 Å². The number of ether oxygens (including phenoxy) is 3. The van der Waals surface area contributed by atoms with Gasteiger partial charge in [0.25, 0.3) is 0 Å². The van der Waals surface area contributed by atoms with Gasteiger partial charge in [-0.3, -0.25) is 9.59 Å². The van der Waals surface area contributed by atoms with E-state index < -0.39 is 11.7 Å². The summed E-state index contributed by atoms with van der Waals surface area (Å²) in [6.45, 7) is 5.87. The van der Waals surface area contributed by atoms with Gasteiger partial charge in [0, 0.05) is 5.56 Å². The maximum absolute atomic E-state index is 12.1. The monoisotopic (exact) mass is 439 g/mol. The van der Waals surface area contributed by atoms with E-state index in [1.165, 1.54) is 13.2 Å². The first-order chi connectivity index (χ1) is 15.2. The summed E-state index contributed by atoms with van der Waals surface area (Å²) < 4.78 is 16.2. The van der Waals surface area contributed by atoms with Crippen molar-refractivity contribution in [3.05, 3.63) is 65.7 Å². The van der Waals surface area contributed by atoms with Gasteiger partial charge in [-0.2, -0.15) is 0 Å². The fraction of sp³-hybridized carbons (Fsp3) is 0.320. The summed E-state index contributed by atoms with van der Waals surface area (Å²) in [7, 11) is 1.51. The molecule has 1 amide bonds. The van der Waals surface area contributed by atoms with E-state index in [1.54, 1.807) is 69.3 Å². The Hall–Kier alpha value is -3.61. The largest absolute Gasteiger partial charge is 0.493 e. The van der Waals surface area contributed by atoms with Gasteiger partial charge < -0.3 is 19.5 Å². The lowest BCUT2D eigenvalue weighted by Gasteiger charge is -2.19. The number of Topliss-reactive ketones (excluding diaryl/α,β-unsaturated/α-hetero) is 1. The number of allylic oxidation sites excluding steroid dienone is 1. The van der Waals surface area contributed by atoms with Crippen molar-refractivity contribution in [3.8, 4) is 11.5 Å². The molecule has 0 saturated carbocycles. The molecular formula is C25H29NO6. The van der Waals surface area contributed by atoms with Gasteiger partial charge in [0.05, 0.1) is 20.1 Å². The normalized spacial score (nSPS) is 11.1. The van der Waals surface area contributed by atoms with E-state index in [0.717, 1.165) is 5.56 Å². The Morgan fingerprint density at radius 2 is 1.72 bits per heavy atom. The first kappa shape index (κ1) is 24.7. The second-order valence-electron chi connectivity index (χ2n) is 7.95. The lowest BCUT2D eigenvalue weighted by Crippen LogP contribution is -2.34. The molecule has 0 aliphatic rings. The standard InChI is InChI=1S/C25H29NO6/c1-25(2,3)32-24(29)26-14-15-31-22-13-11-18(16-23(22)30-4)10-12-20(27)17-21(28)19-8-6-5-7-9-19/h5-13,16H,14-15,17H2,1-4H3,(H,26,29). The van der Waals surface area contributed by atoms with Gasteiger partial charge in [0.1, 0.15) is 12.2 Å². The summed E-state index contributed by atoms with van der Waals surface area (Å²) in [4.78, 5) is 35.9. The average molecular weight is 440 g/mol. The van der Waals surface area contributed by atoms with Gasteiger partial charge in [0.2, 0.25) is 0 Å². The summed E-state index contributed by atoms with van der Waals surface area (Å²) in [6.07, 6.45) is 2.30. The Morgan fingerprint density at radius 3 is 2.38 bits per heavy atom. The summed E-state index contributed by atoms with van der Waals surface area (Å²) in [5.41, 5.74) is 0.674. The zero-order valence-corrected chi connectivity index (χ0v) is 18.8. The Morgan fingerprint density at radius 1 is 1.00 bits per heavy atom. The molecule has 7 nitrogen and oxygen atoms in total. The highest BCUT2D eigenvalue weighted by atomic mass is 16.6. The number of amides is 1. The number of hydrogen-bond donors (Lipinski definition) is 1. The first-order valence-corrected chi connectivity index (χ1v) is 10.2. The van der Waals surface area contributed by atoms with Gasteiger partial charge in [-0.15, -0.1) is 0 Å². The van der Waals surface area contributed by atoms with E-state index in [4.69, 9.17) is 14.2 Å². The van der Waals surface area contributed by atoms with Crippen molar-refractivity contribution in [3.63, 3.8) is 0 Å².